The van der Waals surface area contributed by atoms with E-state index in [1.165, 1.54) is 17.7 Å². The molecule has 1 unspecified atom stereocenters. The highest BCUT2D eigenvalue weighted by molar-refractivity contribution is 5.19. The lowest BCUT2D eigenvalue weighted by Gasteiger charge is -2.22. The number of hydrogen-bond acceptors (Lipinski definition) is 2. The fourth-order valence-corrected chi connectivity index (χ4v) is 2.42. The second-order valence-corrected chi connectivity index (χ2v) is 5.30. The lowest BCUT2D eigenvalue weighted by molar-refractivity contribution is 0.268. The second-order valence-electron chi connectivity index (χ2n) is 5.30. The molecule has 0 radical (unpaired) electrons. The Morgan fingerprint density at radius 2 is 1.86 bits per heavy atom. The Balaban J connectivity index is 1.88. The van der Waals surface area contributed by atoms with E-state index in [1.807, 2.05) is 12.1 Å². The average Bonchev–Trinajstić information content (AvgIpc) is 2.52. The SMILES string of the molecule is CCN(CCC(N)c1cccc(F)c1)Cc1ccccc1. The molecule has 0 saturated heterocycles. The molecular weight excluding hydrogens is 263 g/mol. The third-order valence-electron chi connectivity index (χ3n) is 3.73. The Bertz CT molecular complexity index is 542. The third-order valence-corrected chi connectivity index (χ3v) is 3.73. The van der Waals surface area contributed by atoms with Crippen molar-refractivity contribution in [2.45, 2.75) is 25.9 Å². The Labute approximate surface area is 126 Å². The number of rotatable bonds is 7. The summed E-state index contributed by atoms with van der Waals surface area (Å²) in [5.41, 5.74) is 8.34. The van der Waals surface area contributed by atoms with Crippen LogP contribution in [0.1, 0.15) is 30.5 Å². The van der Waals surface area contributed by atoms with Crippen LogP contribution in [0.25, 0.3) is 0 Å². The molecule has 2 nitrogen and oxygen atoms in total. The van der Waals surface area contributed by atoms with Gasteiger partial charge in [0.15, 0.2) is 0 Å². The summed E-state index contributed by atoms with van der Waals surface area (Å²) >= 11 is 0. The molecule has 21 heavy (non-hydrogen) atoms. The van der Waals surface area contributed by atoms with Gasteiger partial charge in [-0.3, -0.25) is 4.90 Å². The lowest BCUT2D eigenvalue weighted by Crippen LogP contribution is -2.27. The summed E-state index contributed by atoms with van der Waals surface area (Å²) in [7, 11) is 0. The Morgan fingerprint density at radius 1 is 1.10 bits per heavy atom. The zero-order valence-electron chi connectivity index (χ0n) is 12.5. The molecule has 2 rings (SSSR count). The molecule has 0 heterocycles. The van der Waals surface area contributed by atoms with Crippen LogP contribution in [0.15, 0.2) is 54.6 Å². The Hall–Kier alpha value is -1.71. The largest absolute Gasteiger partial charge is 0.324 e. The summed E-state index contributed by atoms with van der Waals surface area (Å²) in [6.45, 7) is 4.96. The predicted molar refractivity (Wildman–Crippen MR) is 85.3 cm³/mol. The molecule has 0 aliphatic rings. The molecule has 0 aromatic heterocycles. The minimum Gasteiger partial charge on any atom is -0.324 e. The number of hydrogen-bond donors (Lipinski definition) is 1. The van der Waals surface area contributed by atoms with Crippen molar-refractivity contribution in [3.05, 3.63) is 71.5 Å². The maximum absolute atomic E-state index is 13.2. The molecular formula is C18H23FN2. The molecule has 1 atom stereocenters. The summed E-state index contributed by atoms with van der Waals surface area (Å²) in [6.07, 6.45) is 0.824. The topological polar surface area (TPSA) is 29.3 Å². The number of nitrogens with zero attached hydrogens (tertiary/aromatic N) is 1. The molecule has 0 aliphatic heterocycles. The number of nitrogens with two attached hydrogens (primary N) is 1. The van der Waals surface area contributed by atoms with Crippen LogP contribution in [0.2, 0.25) is 0 Å². The lowest BCUT2D eigenvalue weighted by atomic mass is 10.0. The summed E-state index contributed by atoms with van der Waals surface area (Å²) in [5.74, 6) is -0.223. The van der Waals surface area contributed by atoms with Crippen molar-refractivity contribution >= 4 is 0 Å². The third kappa shape index (κ3) is 4.96. The van der Waals surface area contributed by atoms with Gasteiger partial charge in [0.25, 0.3) is 0 Å². The van der Waals surface area contributed by atoms with Gasteiger partial charge in [-0.2, -0.15) is 0 Å². The van der Waals surface area contributed by atoms with Crippen LogP contribution in [0.3, 0.4) is 0 Å². The van der Waals surface area contributed by atoms with Crippen LogP contribution in [0.5, 0.6) is 0 Å². The Kier molecular flexibility index (Phi) is 5.90. The van der Waals surface area contributed by atoms with E-state index in [1.54, 1.807) is 6.07 Å². The van der Waals surface area contributed by atoms with Gasteiger partial charge in [0.1, 0.15) is 5.82 Å². The van der Waals surface area contributed by atoms with Gasteiger partial charge in [-0.1, -0.05) is 49.4 Å². The van der Waals surface area contributed by atoms with Crippen molar-refractivity contribution in [1.29, 1.82) is 0 Å². The molecule has 2 aromatic carbocycles. The molecule has 0 fully saturated rings. The van der Waals surface area contributed by atoms with Crippen LogP contribution in [0, 0.1) is 5.82 Å². The van der Waals surface area contributed by atoms with E-state index in [0.717, 1.165) is 31.6 Å². The minimum absolute atomic E-state index is 0.120. The van der Waals surface area contributed by atoms with Crippen LogP contribution in [-0.4, -0.2) is 18.0 Å². The first-order chi connectivity index (χ1) is 10.2. The molecule has 0 amide bonds. The monoisotopic (exact) mass is 286 g/mol. The molecule has 0 spiro atoms. The van der Waals surface area contributed by atoms with E-state index < -0.39 is 0 Å². The first-order valence-corrected chi connectivity index (χ1v) is 7.46. The smallest absolute Gasteiger partial charge is 0.123 e. The zero-order valence-corrected chi connectivity index (χ0v) is 12.5. The van der Waals surface area contributed by atoms with E-state index in [2.05, 4.69) is 36.1 Å². The van der Waals surface area contributed by atoms with Crippen molar-refractivity contribution in [2.75, 3.05) is 13.1 Å². The fraction of sp³-hybridized carbons (Fsp3) is 0.333. The van der Waals surface area contributed by atoms with Crippen molar-refractivity contribution in [1.82, 2.24) is 4.90 Å². The normalized spacial score (nSPS) is 12.6. The molecule has 2 N–H and O–H groups in total. The standard InChI is InChI=1S/C18H23FN2/c1-2-21(14-15-7-4-3-5-8-15)12-11-18(20)16-9-6-10-17(19)13-16/h3-10,13,18H,2,11-12,14,20H2,1H3. The number of halogens is 1. The van der Waals surface area contributed by atoms with Gasteiger partial charge in [-0.15, -0.1) is 0 Å². The van der Waals surface area contributed by atoms with Gasteiger partial charge in [0.05, 0.1) is 0 Å². The summed E-state index contributed by atoms with van der Waals surface area (Å²) in [6, 6.07) is 16.9. The van der Waals surface area contributed by atoms with Crippen molar-refractivity contribution in [3.63, 3.8) is 0 Å². The summed E-state index contributed by atoms with van der Waals surface area (Å²) in [4.78, 5) is 2.36. The number of benzene rings is 2. The molecule has 0 aliphatic carbocycles. The molecule has 3 heteroatoms. The maximum atomic E-state index is 13.2. The van der Waals surface area contributed by atoms with E-state index in [4.69, 9.17) is 5.73 Å². The van der Waals surface area contributed by atoms with E-state index in [-0.39, 0.29) is 11.9 Å². The van der Waals surface area contributed by atoms with Crippen LogP contribution in [0.4, 0.5) is 4.39 Å². The summed E-state index contributed by atoms with van der Waals surface area (Å²) < 4.78 is 13.2. The van der Waals surface area contributed by atoms with Gasteiger partial charge in [0, 0.05) is 19.1 Å². The van der Waals surface area contributed by atoms with Crippen LogP contribution in [-0.2, 0) is 6.54 Å². The first kappa shape index (κ1) is 15.7. The highest BCUT2D eigenvalue weighted by Crippen LogP contribution is 2.16. The average molecular weight is 286 g/mol. The van der Waals surface area contributed by atoms with E-state index in [9.17, 15) is 4.39 Å². The fourth-order valence-electron chi connectivity index (χ4n) is 2.42. The van der Waals surface area contributed by atoms with Gasteiger partial charge in [-0.25, -0.2) is 4.39 Å². The maximum Gasteiger partial charge on any atom is 0.123 e. The second kappa shape index (κ2) is 7.91. The Morgan fingerprint density at radius 3 is 2.52 bits per heavy atom. The molecule has 112 valence electrons. The van der Waals surface area contributed by atoms with E-state index >= 15 is 0 Å². The van der Waals surface area contributed by atoms with Gasteiger partial charge >= 0.3 is 0 Å². The van der Waals surface area contributed by atoms with Crippen LogP contribution < -0.4 is 5.73 Å². The van der Waals surface area contributed by atoms with Crippen molar-refractivity contribution < 1.29 is 4.39 Å². The highest BCUT2D eigenvalue weighted by Gasteiger charge is 2.10. The molecule has 2 aromatic rings. The van der Waals surface area contributed by atoms with Gasteiger partial charge in [-0.05, 0) is 36.2 Å². The quantitative estimate of drug-likeness (QED) is 0.840. The highest BCUT2D eigenvalue weighted by atomic mass is 19.1. The van der Waals surface area contributed by atoms with Gasteiger partial charge in [0.2, 0.25) is 0 Å². The minimum atomic E-state index is -0.223. The first-order valence-electron chi connectivity index (χ1n) is 7.46. The van der Waals surface area contributed by atoms with Crippen LogP contribution >= 0.6 is 0 Å². The molecule has 0 saturated carbocycles. The van der Waals surface area contributed by atoms with Gasteiger partial charge < -0.3 is 5.73 Å². The zero-order chi connectivity index (χ0) is 15.1. The van der Waals surface area contributed by atoms with Crippen molar-refractivity contribution in [2.24, 2.45) is 5.73 Å². The molecule has 0 bridgehead atoms. The predicted octanol–water partition coefficient (Wildman–Crippen LogP) is 3.74. The van der Waals surface area contributed by atoms with Crippen molar-refractivity contribution in [3.8, 4) is 0 Å². The van der Waals surface area contributed by atoms with E-state index in [0.29, 0.717) is 0 Å². The summed E-state index contributed by atoms with van der Waals surface area (Å²) in [5, 5.41) is 0.